The molecule has 0 spiro atoms. The Hall–Kier alpha value is -1.32. The molecule has 0 bridgehead atoms. The Labute approximate surface area is 169 Å². The van der Waals surface area contributed by atoms with Crippen LogP contribution >= 0.6 is 0 Å². The van der Waals surface area contributed by atoms with Crippen LogP contribution in [0.1, 0.15) is 79.1 Å². The van der Waals surface area contributed by atoms with Gasteiger partial charge in [0.05, 0.1) is 0 Å². The molecule has 4 nitrogen and oxygen atoms in total. The molecule has 1 amide bonds. The fourth-order valence-corrected chi connectivity index (χ4v) is 8.02. The fraction of sp³-hybridized carbons (Fsp3) is 0.833. The molecule has 4 aliphatic rings. The van der Waals surface area contributed by atoms with Crippen molar-refractivity contribution in [1.29, 1.82) is 0 Å². The molecule has 3 saturated carbocycles. The molecule has 0 saturated heterocycles. The van der Waals surface area contributed by atoms with Crippen molar-refractivity contribution in [3.8, 4) is 0 Å². The molecule has 0 aromatic carbocycles. The van der Waals surface area contributed by atoms with Gasteiger partial charge in [0.2, 0.25) is 5.91 Å². The van der Waals surface area contributed by atoms with E-state index in [4.69, 9.17) is 10.5 Å². The van der Waals surface area contributed by atoms with Crippen LogP contribution in [0.5, 0.6) is 0 Å². The van der Waals surface area contributed by atoms with E-state index in [1.54, 1.807) is 0 Å². The first-order chi connectivity index (χ1) is 13.2. The molecule has 4 rings (SSSR count). The molecule has 0 unspecified atom stereocenters. The van der Waals surface area contributed by atoms with Crippen LogP contribution in [0.2, 0.25) is 0 Å². The molecule has 156 valence electrons. The van der Waals surface area contributed by atoms with Crippen LogP contribution in [-0.2, 0) is 14.3 Å². The summed E-state index contributed by atoms with van der Waals surface area (Å²) in [5, 5.41) is 0. The molecule has 0 aromatic heterocycles. The number of allylic oxidation sites excluding steroid dienone is 1. The van der Waals surface area contributed by atoms with E-state index in [1.807, 2.05) is 6.92 Å². The Morgan fingerprint density at radius 1 is 1.14 bits per heavy atom. The summed E-state index contributed by atoms with van der Waals surface area (Å²) in [5.41, 5.74) is 7.75. The second kappa shape index (κ2) is 6.88. The second-order valence-corrected chi connectivity index (χ2v) is 10.7. The molecular weight excluding hydrogens is 350 g/mol. The molecule has 0 aliphatic heterocycles. The summed E-state index contributed by atoms with van der Waals surface area (Å²) in [7, 11) is 0. The second-order valence-electron chi connectivity index (χ2n) is 10.7. The number of rotatable bonds is 3. The number of esters is 1. The van der Waals surface area contributed by atoms with Crippen molar-refractivity contribution in [3.05, 3.63) is 11.6 Å². The maximum absolute atomic E-state index is 11.9. The summed E-state index contributed by atoms with van der Waals surface area (Å²) in [6, 6.07) is 0. The van der Waals surface area contributed by atoms with Crippen molar-refractivity contribution >= 4 is 11.9 Å². The molecule has 0 heterocycles. The van der Waals surface area contributed by atoms with Crippen LogP contribution in [0.15, 0.2) is 11.6 Å². The minimum atomic E-state index is -0.156. The van der Waals surface area contributed by atoms with Gasteiger partial charge in [-0.3, -0.25) is 9.59 Å². The number of carbonyl (C=O) groups excluding carboxylic acids is 2. The van der Waals surface area contributed by atoms with Gasteiger partial charge in [0.25, 0.3) is 0 Å². The van der Waals surface area contributed by atoms with Crippen molar-refractivity contribution in [2.75, 3.05) is 0 Å². The Morgan fingerprint density at radius 3 is 2.57 bits per heavy atom. The van der Waals surface area contributed by atoms with E-state index in [0.717, 1.165) is 43.9 Å². The van der Waals surface area contributed by atoms with Crippen LogP contribution < -0.4 is 5.73 Å². The summed E-state index contributed by atoms with van der Waals surface area (Å²) >= 11 is 0. The lowest BCUT2D eigenvalue weighted by atomic mass is 9.47. The number of fused-ring (bicyclic) bond motifs is 5. The minimum absolute atomic E-state index is 0.0176. The van der Waals surface area contributed by atoms with Crippen molar-refractivity contribution in [2.24, 2.45) is 46.2 Å². The Balaban J connectivity index is 1.57. The van der Waals surface area contributed by atoms with Crippen LogP contribution in [0.3, 0.4) is 0 Å². The molecular formula is C24H37NO3. The number of nitrogens with two attached hydrogens (primary N) is 1. The van der Waals surface area contributed by atoms with Gasteiger partial charge in [0.1, 0.15) is 6.10 Å². The number of ether oxygens (including phenoxy) is 1. The van der Waals surface area contributed by atoms with E-state index in [2.05, 4.69) is 19.9 Å². The van der Waals surface area contributed by atoms with E-state index in [9.17, 15) is 9.59 Å². The molecule has 3 fully saturated rings. The summed E-state index contributed by atoms with van der Waals surface area (Å²) in [4.78, 5) is 23.3. The maximum Gasteiger partial charge on any atom is 0.302 e. The van der Waals surface area contributed by atoms with Gasteiger partial charge >= 0.3 is 5.97 Å². The highest BCUT2D eigenvalue weighted by Crippen LogP contribution is 2.67. The number of hydrogen-bond acceptors (Lipinski definition) is 3. The lowest BCUT2D eigenvalue weighted by Crippen LogP contribution is -2.51. The monoisotopic (exact) mass is 387 g/mol. The van der Waals surface area contributed by atoms with Gasteiger partial charge in [-0.15, -0.1) is 0 Å². The van der Waals surface area contributed by atoms with Crippen molar-refractivity contribution < 1.29 is 14.3 Å². The SMILES string of the molecule is CC(=O)O[C@@H]1CC[C@@]2(C)C(=CC[C@H]3[C@@H]4CC[C@H]([C@@H](C)C(N)=O)[C@@]4(C)CC[C@@H]32)C1. The van der Waals surface area contributed by atoms with Gasteiger partial charge < -0.3 is 10.5 Å². The third-order valence-electron chi connectivity index (χ3n) is 9.52. The van der Waals surface area contributed by atoms with Crippen molar-refractivity contribution in [3.63, 3.8) is 0 Å². The third kappa shape index (κ3) is 2.93. The first kappa shape index (κ1) is 20.0. The normalized spacial score (nSPS) is 45.9. The highest BCUT2D eigenvalue weighted by atomic mass is 16.5. The predicted molar refractivity (Wildman–Crippen MR) is 109 cm³/mol. The topological polar surface area (TPSA) is 69.4 Å². The molecule has 4 heteroatoms. The highest BCUT2D eigenvalue weighted by Gasteiger charge is 2.59. The van der Waals surface area contributed by atoms with Gasteiger partial charge in [-0.2, -0.15) is 0 Å². The summed E-state index contributed by atoms with van der Waals surface area (Å²) in [5.74, 6) is 2.30. The first-order valence-electron chi connectivity index (χ1n) is 11.3. The molecule has 4 aliphatic carbocycles. The summed E-state index contributed by atoms with van der Waals surface area (Å²) in [6.07, 6.45) is 11.6. The Morgan fingerprint density at radius 2 is 1.89 bits per heavy atom. The van der Waals surface area contributed by atoms with Gasteiger partial charge in [0, 0.05) is 19.3 Å². The molecule has 0 radical (unpaired) electrons. The predicted octanol–water partition coefficient (Wildman–Crippen LogP) is 4.62. The average molecular weight is 388 g/mol. The van der Waals surface area contributed by atoms with Gasteiger partial charge in [0.15, 0.2) is 0 Å². The van der Waals surface area contributed by atoms with Crippen LogP contribution in [0.4, 0.5) is 0 Å². The third-order valence-corrected chi connectivity index (χ3v) is 9.52. The zero-order valence-electron chi connectivity index (χ0n) is 18.0. The van der Waals surface area contributed by atoms with Crippen LogP contribution in [0, 0.1) is 40.4 Å². The van der Waals surface area contributed by atoms with Crippen LogP contribution in [0.25, 0.3) is 0 Å². The molecule has 2 N–H and O–H groups in total. The Kier molecular flexibility index (Phi) is 4.91. The van der Waals surface area contributed by atoms with E-state index in [0.29, 0.717) is 11.8 Å². The lowest BCUT2D eigenvalue weighted by molar-refractivity contribution is -0.148. The van der Waals surface area contributed by atoms with Crippen LogP contribution in [-0.4, -0.2) is 18.0 Å². The van der Waals surface area contributed by atoms with E-state index in [-0.39, 0.29) is 34.7 Å². The molecule has 0 aromatic rings. The van der Waals surface area contributed by atoms with Gasteiger partial charge in [-0.05, 0) is 79.4 Å². The number of carbonyl (C=O) groups is 2. The summed E-state index contributed by atoms with van der Waals surface area (Å²) in [6.45, 7) is 8.48. The summed E-state index contributed by atoms with van der Waals surface area (Å²) < 4.78 is 5.55. The fourth-order valence-electron chi connectivity index (χ4n) is 8.02. The molecule has 8 atom stereocenters. The Bertz CT molecular complexity index is 700. The average Bonchev–Trinajstić information content (AvgIpc) is 2.98. The van der Waals surface area contributed by atoms with E-state index in [1.165, 1.54) is 31.8 Å². The van der Waals surface area contributed by atoms with Gasteiger partial charge in [-0.25, -0.2) is 0 Å². The number of primary amides is 1. The zero-order valence-corrected chi connectivity index (χ0v) is 18.0. The quantitative estimate of drug-likeness (QED) is 0.567. The number of hydrogen-bond donors (Lipinski definition) is 1. The van der Waals surface area contributed by atoms with Crippen molar-refractivity contribution in [1.82, 2.24) is 0 Å². The maximum atomic E-state index is 11.9. The highest BCUT2D eigenvalue weighted by molar-refractivity contribution is 5.76. The van der Waals surface area contributed by atoms with Gasteiger partial charge in [-0.1, -0.05) is 32.4 Å². The van der Waals surface area contributed by atoms with E-state index < -0.39 is 0 Å². The first-order valence-corrected chi connectivity index (χ1v) is 11.3. The molecule has 28 heavy (non-hydrogen) atoms. The van der Waals surface area contributed by atoms with Crippen molar-refractivity contribution in [2.45, 2.75) is 85.2 Å². The standard InChI is InChI=1S/C24H37NO3/c1-14(22(25)27)19-7-8-20-18-6-5-16-13-17(28-15(2)26)9-11-23(16,3)21(18)10-12-24(19,20)4/h5,14,17-21H,6-13H2,1-4H3,(H2,25,27)/t14-,17-,18+,19-,20+,21+,23+,24-/m1/s1. The lowest BCUT2D eigenvalue weighted by Gasteiger charge is -2.58. The largest absolute Gasteiger partial charge is 0.462 e. The van der Waals surface area contributed by atoms with E-state index >= 15 is 0 Å². The smallest absolute Gasteiger partial charge is 0.302 e. The number of amides is 1. The minimum Gasteiger partial charge on any atom is -0.462 e. The zero-order chi connectivity index (χ0) is 20.3.